The molecule has 1 heterocycles. The molecule has 5 nitrogen and oxygen atoms in total. The third kappa shape index (κ3) is 6.93. The highest BCUT2D eigenvalue weighted by Crippen LogP contribution is 1.97. The van der Waals surface area contributed by atoms with Gasteiger partial charge in [-0.05, 0) is 33.2 Å². The van der Waals surface area contributed by atoms with Crippen LogP contribution in [-0.4, -0.2) is 62.9 Å². The fourth-order valence-corrected chi connectivity index (χ4v) is 1.79. The van der Waals surface area contributed by atoms with Crippen LogP contribution in [0, 0.1) is 0 Å². The molecule has 1 aliphatic heterocycles. The Morgan fingerprint density at radius 1 is 1.33 bits per heavy atom. The summed E-state index contributed by atoms with van der Waals surface area (Å²) >= 11 is 0. The number of morpholine rings is 1. The summed E-state index contributed by atoms with van der Waals surface area (Å²) in [6, 6.07) is 0. The van der Waals surface area contributed by atoms with Crippen molar-refractivity contribution in [3.05, 3.63) is 0 Å². The molecule has 0 aliphatic carbocycles. The van der Waals surface area contributed by atoms with Crippen molar-refractivity contribution in [2.75, 3.05) is 46.0 Å². The lowest BCUT2D eigenvalue weighted by atomic mass is 10.3. The predicted octanol–water partition coefficient (Wildman–Crippen LogP) is 0.640. The van der Waals surface area contributed by atoms with Gasteiger partial charge in [0, 0.05) is 19.7 Å². The van der Waals surface area contributed by atoms with E-state index in [1.54, 1.807) is 0 Å². The lowest BCUT2D eigenvalue weighted by molar-refractivity contribution is -0.134. The zero-order valence-corrected chi connectivity index (χ0v) is 11.6. The van der Waals surface area contributed by atoms with Crippen molar-refractivity contribution >= 4 is 5.91 Å². The van der Waals surface area contributed by atoms with E-state index in [0.29, 0.717) is 25.9 Å². The van der Waals surface area contributed by atoms with Gasteiger partial charge in [0.2, 0.25) is 5.91 Å². The summed E-state index contributed by atoms with van der Waals surface area (Å²) in [6.07, 6.45) is 2.39. The Morgan fingerprint density at radius 3 is 2.72 bits per heavy atom. The maximum Gasteiger partial charge on any atom is 0.236 e. The molecule has 0 saturated carbocycles. The van der Waals surface area contributed by atoms with Gasteiger partial charge in [0.1, 0.15) is 0 Å². The van der Waals surface area contributed by atoms with Gasteiger partial charge in [-0.15, -0.1) is 0 Å². The predicted molar refractivity (Wildman–Crippen MR) is 70.6 cm³/mol. The van der Waals surface area contributed by atoms with Crippen LogP contribution in [0.1, 0.15) is 26.7 Å². The first kappa shape index (κ1) is 15.4. The van der Waals surface area contributed by atoms with E-state index in [-0.39, 0.29) is 5.91 Å². The molecule has 0 aromatic heterocycles. The van der Waals surface area contributed by atoms with Crippen LogP contribution in [0.15, 0.2) is 0 Å². The van der Waals surface area contributed by atoms with Gasteiger partial charge in [0.25, 0.3) is 0 Å². The van der Waals surface area contributed by atoms with Gasteiger partial charge in [0.15, 0.2) is 0 Å². The monoisotopic (exact) mass is 258 g/mol. The minimum absolute atomic E-state index is 0.178. The van der Waals surface area contributed by atoms with Crippen LogP contribution in [0.2, 0.25) is 0 Å². The van der Waals surface area contributed by atoms with E-state index >= 15 is 0 Å². The Kier molecular flexibility index (Phi) is 7.96. The molecule has 0 spiro atoms. The summed E-state index contributed by atoms with van der Waals surface area (Å²) in [5, 5.41) is 3.18. The second kappa shape index (κ2) is 9.30. The number of carbonyl (C=O) groups excluding carboxylic acids is 1. The molecule has 1 fully saturated rings. The Balaban J connectivity index is 1.92. The summed E-state index contributed by atoms with van der Waals surface area (Å²) in [6.45, 7) is 8.97. The molecule has 0 unspecified atom stereocenters. The molecule has 1 N–H and O–H groups in total. The van der Waals surface area contributed by atoms with Gasteiger partial charge < -0.3 is 19.7 Å². The van der Waals surface area contributed by atoms with E-state index in [4.69, 9.17) is 9.47 Å². The molecule has 1 rings (SSSR count). The van der Waals surface area contributed by atoms with E-state index in [1.807, 2.05) is 18.7 Å². The molecule has 0 radical (unpaired) electrons. The quantitative estimate of drug-likeness (QED) is 0.649. The third-order valence-corrected chi connectivity index (χ3v) is 2.84. The smallest absolute Gasteiger partial charge is 0.236 e. The minimum atomic E-state index is 0.178. The summed E-state index contributed by atoms with van der Waals surface area (Å²) < 4.78 is 10.7. The summed E-state index contributed by atoms with van der Waals surface area (Å²) in [5.41, 5.74) is 0. The van der Waals surface area contributed by atoms with Crippen molar-refractivity contribution in [2.24, 2.45) is 0 Å². The lowest BCUT2D eigenvalue weighted by Crippen LogP contribution is -2.44. The molecule has 5 heteroatoms. The number of nitrogens with one attached hydrogen (secondary N) is 1. The Bertz CT molecular complexity index is 228. The van der Waals surface area contributed by atoms with Crippen LogP contribution in [-0.2, 0) is 14.3 Å². The number of ether oxygens (including phenoxy) is 2. The Hall–Kier alpha value is -0.650. The number of rotatable bonds is 8. The molecule has 1 amide bonds. The number of hydrogen-bond acceptors (Lipinski definition) is 4. The average molecular weight is 258 g/mol. The van der Waals surface area contributed by atoms with Crippen LogP contribution >= 0.6 is 0 Å². The van der Waals surface area contributed by atoms with Crippen LogP contribution in [0.3, 0.4) is 0 Å². The second-order valence-electron chi connectivity index (χ2n) is 4.80. The zero-order valence-electron chi connectivity index (χ0n) is 11.6. The van der Waals surface area contributed by atoms with Crippen molar-refractivity contribution < 1.29 is 14.3 Å². The van der Waals surface area contributed by atoms with Gasteiger partial charge in [-0.25, -0.2) is 0 Å². The van der Waals surface area contributed by atoms with Crippen molar-refractivity contribution in [2.45, 2.75) is 32.8 Å². The van der Waals surface area contributed by atoms with Gasteiger partial charge in [-0.3, -0.25) is 4.79 Å². The highest BCUT2D eigenvalue weighted by Gasteiger charge is 2.15. The Labute approximate surface area is 110 Å². The highest BCUT2D eigenvalue weighted by molar-refractivity contribution is 5.78. The molecular weight excluding hydrogens is 232 g/mol. The number of nitrogens with zero attached hydrogens (tertiary/aromatic N) is 1. The summed E-state index contributed by atoms with van der Waals surface area (Å²) in [4.78, 5) is 13.6. The average Bonchev–Trinajstić information content (AvgIpc) is 2.38. The fourth-order valence-electron chi connectivity index (χ4n) is 1.79. The number of carbonyl (C=O) groups is 1. The molecule has 0 aromatic rings. The van der Waals surface area contributed by atoms with Gasteiger partial charge in [-0.1, -0.05) is 0 Å². The Morgan fingerprint density at radius 2 is 2.06 bits per heavy atom. The van der Waals surface area contributed by atoms with Crippen LogP contribution in [0.25, 0.3) is 0 Å². The topological polar surface area (TPSA) is 50.8 Å². The van der Waals surface area contributed by atoms with Crippen LogP contribution < -0.4 is 5.32 Å². The first-order valence-electron chi connectivity index (χ1n) is 6.88. The van der Waals surface area contributed by atoms with Crippen molar-refractivity contribution in [3.8, 4) is 0 Å². The molecule has 0 atom stereocenters. The van der Waals surface area contributed by atoms with E-state index in [2.05, 4.69) is 5.32 Å². The van der Waals surface area contributed by atoms with Crippen molar-refractivity contribution in [1.82, 2.24) is 10.2 Å². The largest absolute Gasteiger partial charge is 0.379 e. The first-order valence-corrected chi connectivity index (χ1v) is 6.88. The molecule has 1 aliphatic rings. The van der Waals surface area contributed by atoms with Crippen LogP contribution in [0.5, 0.6) is 0 Å². The first-order chi connectivity index (χ1) is 8.70. The van der Waals surface area contributed by atoms with Gasteiger partial charge >= 0.3 is 0 Å². The lowest BCUT2D eigenvalue weighted by Gasteiger charge is -2.26. The van der Waals surface area contributed by atoms with Crippen LogP contribution in [0.4, 0.5) is 0 Å². The van der Waals surface area contributed by atoms with Crippen molar-refractivity contribution in [3.63, 3.8) is 0 Å². The highest BCUT2D eigenvalue weighted by atomic mass is 16.5. The second-order valence-corrected chi connectivity index (χ2v) is 4.80. The molecule has 0 bridgehead atoms. The number of amides is 1. The molecule has 18 heavy (non-hydrogen) atoms. The standard InChI is InChI=1S/C13H26N2O3/c1-12(2)18-8-4-3-5-14-11-13(16)15-6-9-17-10-7-15/h12,14H,3-11H2,1-2H3. The van der Waals surface area contributed by atoms with E-state index in [1.165, 1.54) is 0 Å². The molecule has 1 saturated heterocycles. The van der Waals surface area contributed by atoms with E-state index in [9.17, 15) is 4.79 Å². The van der Waals surface area contributed by atoms with Crippen molar-refractivity contribution in [1.29, 1.82) is 0 Å². The summed E-state index contributed by atoms with van der Waals surface area (Å²) in [5.74, 6) is 0.178. The SMILES string of the molecule is CC(C)OCCCCNCC(=O)N1CCOCC1. The normalized spacial score (nSPS) is 16.3. The maximum atomic E-state index is 11.8. The summed E-state index contributed by atoms with van der Waals surface area (Å²) in [7, 11) is 0. The number of hydrogen-bond donors (Lipinski definition) is 1. The van der Waals surface area contributed by atoms with E-state index < -0.39 is 0 Å². The van der Waals surface area contributed by atoms with Gasteiger partial charge in [0.05, 0.1) is 25.9 Å². The third-order valence-electron chi connectivity index (χ3n) is 2.84. The number of unbranched alkanes of at least 4 members (excludes halogenated alkanes) is 1. The zero-order chi connectivity index (χ0) is 13.2. The maximum absolute atomic E-state index is 11.8. The minimum Gasteiger partial charge on any atom is -0.379 e. The molecule has 0 aromatic carbocycles. The van der Waals surface area contributed by atoms with E-state index in [0.717, 1.165) is 39.1 Å². The van der Waals surface area contributed by atoms with Gasteiger partial charge in [-0.2, -0.15) is 0 Å². The molecule has 106 valence electrons. The fraction of sp³-hybridized carbons (Fsp3) is 0.923. The molecular formula is C13H26N2O3.